The highest BCUT2D eigenvalue weighted by Gasteiger charge is 2.48. The van der Waals surface area contributed by atoms with Crippen LogP contribution in [0.5, 0.6) is 0 Å². The summed E-state index contributed by atoms with van der Waals surface area (Å²) >= 11 is 0. The van der Waals surface area contributed by atoms with E-state index in [4.69, 9.17) is 0 Å². The van der Waals surface area contributed by atoms with Crippen molar-refractivity contribution in [3.05, 3.63) is 0 Å². The predicted molar refractivity (Wildman–Crippen MR) is 60.1 cm³/mol. The number of rotatable bonds is 3. The van der Waals surface area contributed by atoms with Gasteiger partial charge in [-0.2, -0.15) is 0 Å². The quantitative estimate of drug-likeness (QED) is 0.750. The van der Waals surface area contributed by atoms with Crippen LogP contribution in [-0.2, 0) is 9.59 Å². The van der Waals surface area contributed by atoms with Crippen molar-refractivity contribution < 1.29 is 14.7 Å². The van der Waals surface area contributed by atoms with Crippen LogP contribution in [-0.4, -0.2) is 16.9 Å². The number of carbonyl (C=O) groups is 2. The number of Topliss-reactive ketones (excluding diaryl/α,β-unsaturated/α-hetero) is 1. The van der Waals surface area contributed by atoms with Gasteiger partial charge >= 0.3 is 5.97 Å². The molecule has 2 rings (SSSR count). The topological polar surface area (TPSA) is 54.4 Å². The molecule has 0 bridgehead atoms. The molecule has 0 heterocycles. The number of ketones is 1. The fourth-order valence-electron chi connectivity index (χ4n) is 3.33. The maximum atomic E-state index is 12.0. The van der Waals surface area contributed by atoms with Gasteiger partial charge in [0.05, 0.1) is 0 Å². The zero-order valence-electron chi connectivity index (χ0n) is 9.71. The summed E-state index contributed by atoms with van der Waals surface area (Å²) in [5.41, 5.74) is -1.02. The SMILES string of the molecule is O=C(O)C1(CC2CCCC2)CCCCC1=O. The Hall–Kier alpha value is -0.860. The van der Waals surface area contributed by atoms with Crippen LogP contribution in [0.3, 0.4) is 0 Å². The Kier molecular flexibility index (Phi) is 3.31. The average molecular weight is 224 g/mol. The first-order valence-corrected chi connectivity index (χ1v) is 6.42. The van der Waals surface area contributed by atoms with Gasteiger partial charge in [-0.3, -0.25) is 9.59 Å². The Bertz CT molecular complexity index is 292. The van der Waals surface area contributed by atoms with Gasteiger partial charge in [-0.05, 0) is 25.2 Å². The lowest BCUT2D eigenvalue weighted by Gasteiger charge is -2.33. The van der Waals surface area contributed by atoms with Gasteiger partial charge in [0.25, 0.3) is 0 Å². The average Bonchev–Trinajstić information content (AvgIpc) is 2.74. The molecule has 1 atom stereocenters. The minimum absolute atomic E-state index is 0.0156. The van der Waals surface area contributed by atoms with E-state index in [2.05, 4.69) is 0 Å². The molecule has 90 valence electrons. The predicted octanol–water partition coefficient (Wildman–Crippen LogP) is 2.78. The molecule has 0 radical (unpaired) electrons. The summed E-state index contributed by atoms with van der Waals surface area (Å²) in [7, 11) is 0. The zero-order chi connectivity index (χ0) is 11.6. The summed E-state index contributed by atoms with van der Waals surface area (Å²) in [6, 6.07) is 0. The summed E-state index contributed by atoms with van der Waals surface area (Å²) < 4.78 is 0. The van der Waals surface area contributed by atoms with Crippen molar-refractivity contribution in [2.75, 3.05) is 0 Å². The van der Waals surface area contributed by atoms with Crippen molar-refractivity contribution in [1.82, 2.24) is 0 Å². The lowest BCUT2D eigenvalue weighted by Crippen LogP contribution is -2.42. The van der Waals surface area contributed by atoms with E-state index in [1.54, 1.807) is 0 Å². The molecule has 2 saturated carbocycles. The molecule has 0 spiro atoms. The monoisotopic (exact) mass is 224 g/mol. The lowest BCUT2D eigenvalue weighted by atomic mass is 9.68. The van der Waals surface area contributed by atoms with E-state index in [0.717, 1.165) is 25.7 Å². The zero-order valence-corrected chi connectivity index (χ0v) is 9.71. The normalized spacial score (nSPS) is 31.9. The van der Waals surface area contributed by atoms with Crippen molar-refractivity contribution >= 4 is 11.8 Å². The largest absolute Gasteiger partial charge is 0.480 e. The van der Waals surface area contributed by atoms with Gasteiger partial charge in [0.1, 0.15) is 11.2 Å². The van der Waals surface area contributed by atoms with Gasteiger partial charge < -0.3 is 5.11 Å². The molecule has 2 fully saturated rings. The van der Waals surface area contributed by atoms with Crippen LogP contribution in [0.15, 0.2) is 0 Å². The Labute approximate surface area is 96.2 Å². The molecule has 1 N–H and O–H groups in total. The number of hydrogen-bond acceptors (Lipinski definition) is 2. The summed E-state index contributed by atoms with van der Waals surface area (Å²) in [6.45, 7) is 0. The molecule has 0 aliphatic heterocycles. The van der Waals surface area contributed by atoms with Crippen LogP contribution in [0.4, 0.5) is 0 Å². The van der Waals surface area contributed by atoms with Crippen LogP contribution in [0.1, 0.15) is 57.8 Å². The van der Waals surface area contributed by atoms with Gasteiger partial charge in [0.15, 0.2) is 0 Å². The van der Waals surface area contributed by atoms with Gasteiger partial charge in [0.2, 0.25) is 0 Å². The van der Waals surface area contributed by atoms with Crippen molar-refractivity contribution in [2.45, 2.75) is 57.8 Å². The summed E-state index contributed by atoms with van der Waals surface area (Å²) in [6.07, 6.45) is 8.04. The maximum absolute atomic E-state index is 12.0. The van der Waals surface area contributed by atoms with E-state index in [1.165, 1.54) is 12.8 Å². The molecule has 0 aromatic rings. The molecular weight excluding hydrogens is 204 g/mol. The minimum Gasteiger partial charge on any atom is -0.480 e. The summed E-state index contributed by atoms with van der Waals surface area (Å²) in [4.78, 5) is 23.4. The third-order valence-electron chi connectivity index (χ3n) is 4.31. The summed E-state index contributed by atoms with van der Waals surface area (Å²) in [5.74, 6) is -0.416. The molecule has 0 saturated heterocycles. The molecule has 3 nitrogen and oxygen atoms in total. The van der Waals surface area contributed by atoms with Gasteiger partial charge in [-0.15, -0.1) is 0 Å². The van der Waals surface area contributed by atoms with E-state index in [-0.39, 0.29) is 5.78 Å². The Balaban J connectivity index is 2.13. The van der Waals surface area contributed by atoms with Crippen molar-refractivity contribution in [3.63, 3.8) is 0 Å². The van der Waals surface area contributed by atoms with Gasteiger partial charge in [-0.1, -0.05) is 32.1 Å². The second-order valence-electron chi connectivity index (χ2n) is 5.37. The smallest absolute Gasteiger partial charge is 0.317 e. The molecule has 2 aliphatic rings. The second-order valence-corrected chi connectivity index (χ2v) is 5.37. The number of hydrogen-bond donors (Lipinski definition) is 1. The maximum Gasteiger partial charge on any atom is 0.317 e. The van der Waals surface area contributed by atoms with Crippen LogP contribution < -0.4 is 0 Å². The standard InChI is InChI=1S/C13H20O3/c14-11-7-3-4-8-13(11,12(15)16)9-10-5-1-2-6-10/h10H,1-9H2,(H,15,16). The highest BCUT2D eigenvalue weighted by Crippen LogP contribution is 2.43. The van der Waals surface area contributed by atoms with Gasteiger partial charge in [0, 0.05) is 6.42 Å². The number of carboxylic acid groups (broad SMARTS) is 1. The molecule has 1 unspecified atom stereocenters. The summed E-state index contributed by atoms with van der Waals surface area (Å²) in [5, 5.41) is 9.40. The number of carbonyl (C=O) groups excluding carboxylic acids is 1. The van der Waals surface area contributed by atoms with Crippen molar-refractivity contribution in [3.8, 4) is 0 Å². The highest BCUT2D eigenvalue weighted by molar-refractivity contribution is 6.03. The first-order chi connectivity index (χ1) is 7.65. The fourth-order valence-corrected chi connectivity index (χ4v) is 3.33. The lowest BCUT2D eigenvalue weighted by molar-refractivity contribution is -0.158. The molecule has 0 aromatic heterocycles. The molecule has 0 aromatic carbocycles. The molecule has 0 amide bonds. The molecular formula is C13H20O3. The van der Waals surface area contributed by atoms with E-state index in [1.807, 2.05) is 0 Å². The van der Waals surface area contributed by atoms with Crippen LogP contribution in [0.2, 0.25) is 0 Å². The van der Waals surface area contributed by atoms with Crippen molar-refractivity contribution in [2.24, 2.45) is 11.3 Å². The highest BCUT2D eigenvalue weighted by atomic mass is 16.4. The Morgan fingerprint density at radius 2 is 1.94 bits per heavy atom. The fraction of sp³-hybridized carbons (Fsp3) is 0.846. The van der Waals surface area contributed by atoms with E-state index >= 15 is 0 Å². The van der Waals surface area contributed by atoms with E-state index in [9.17, 15) is 14.7 Å². The first-order valence-electron chi connectivity index (χ1n) is 6.42. The molecule has 16 heavy (non-hydrogen) atoms. The third kappa shape index (κ3) is 2.00. The number of carboxylic acids is 1. The van der Waals surface area contributed by atoms with Crippen LogP contribution in [0.25, 0.3) is 0 Å². The Morgan fingerprint density at radius 1 is 1.25 bits per heavy atom. The van der Waals surface area contributed by atoms with Gasteiger partial charge in [-0.25, -0.2) is 0 Å². The van der Waals surface area contributed by atoms with Crippen LogP contribution >= 0.6 is 0 Å². The second kappa shape index (κ2) is 4.56. The Morgan fingerprint density at radius 3 is 2.50 bits per heavy atom. The van der Waals surface area contributed by atoms with Crippen LogP contribution in [0, 0.1) is 11.3 Å². The molecule has 2 aliphatic carbocycles. The minimum atomic E-state index is -1.02. The first kappa shape index (κ1) is 11.6. The molecule has 3 heteroatoms. The number of aliphatic carboxylic acids is 1. The van der Waals surface area contributed by atoms with E-state index in [0.29, 0.717) is 25.2 Å². The van der Waals surface area contributed by atoms with Crippen molar-refractivity contribution in [1.29, 1.82) is 0 Å². The third-order valence-corrected chi connectivity index (χ3v) is 4.31. The van der Waals surface area contributed by atoms with E-state index < -0.39 is 11.4 Å².